The minimum Gasteiger partial charge on any atom is -0.298 e. The molecule has 1 heterocycles. The van der Waals surface area contributed by atoms with Crippen LogP contribution in [0.15, 0.2) is 0 Å². The van der Waals surface area contributed by atoms with Gasteiger partial charge in [-0.15, -0.1) is 0 Å². The molecule has 2 atom stereocenters. The Kier molecular flexibility index (Phi) is 3.60. The molecule has 1 aliphatic heterocycles. The summed E-state index contributed by atoms with van der Waals surface area (Å²) < 4.78 is 0. The molecule has 2 fully saturated rings. The van der Waals surface area contributed by atoms with E-state index in [1.807, 2.05) is 0 Å². The molecule has 1 spiro atoms. The third-order valence-electron chi connectivity index (χ3n) is 5.55. The van der Waals surface area contributed by atoms with Crippen molar-refractivity contribution in [1.29, 1.82) is 0 Å². The van der Waals surface area contributed by atoms with Gasteiger partial charge in [-0.3, -0.25) is 4.90 Å². The first-order valence-corrected chi connectivity index (χ1v) is 7.88. The van der Waals surface area contributed by atoms with E-state index in [0.717, 1.165) is 5.92 Å². The molecule has 1 nitrogen and oxygen atoms in total. The summed E-state index contributed by atoms with van der Waals surface area (Å²) in [6.45, 7) is 17.1. The number of hydrogen-bond acceptors (Lipinski definition) is 1. The molecule has 1 saturated carbocycles. The van der Waals surface area contributed by atoms with E-state index in [4.69, 9.17) is 0 Å². The van der Waals surface area contributed by atoms with Gasteiger partial charge in [0.25, 0.3) is 0 Å². The summed E-state index contributed by atoms with van der Waals surface area (Å²) >= 11 is 0. The van der Waals surface area contributed by atoms with Crippen molar-refractivity contribution in [1.82, 2.24) is 4.90 Å². The normalized spacial score (nSPS) is 35.3. The molecule has 106 valence electrons. The van der Waals surface area contributed by atoms with Crippen LogP contribution in [0, 0.1) is 16.7 Å². The largest absolute Gasteiger partial charge is 0.298 e. The number of hydrogen-bond donors (Lipinski definition) is 0. The van der Waals surface area contributed by atoms with Crippen LogP contribution in [-0.4, -0.2) is 23.5 Å². The monoisotopic (exact) mass is 251 g/mol. The van der Waals surface area contributed by atoms with E-state index in [0.29, 0.717) is 16.4 Å². The lowest BCUT2D eigenvalue weighted by atomic mass is 9.62. The third kappa shape index (κ3) is 2.92. The van der Waals surface area contributed by atoms with Gasteiger partial charge >= 0.3 is 0 Å². The van der Waals surface area contributed by atoms with Crippen molar-refractivity contribution in [3.63, 3.8) is 0 Å². The van der Waals surface area contributed by atoms with E-state index >= 15 is 0 Å². The minimum atomic E-state index is 0.359. The molecule has 1 saturated heterocycles. The van der Waals surface area contributed by atoms with Crippen molar-refractivity contribution >= 4 is 0 Å². The second kappa shape index (κ2) is 4.51. The van der Waals surface area contributed by atoms with Crippen LogP contribution < -0.4 is 0 Å². The molecular formula is C17H33N. The molecular weight excluding hydrogens is 218 g/mol. The van der Waals surface area contributed by atoms with Gasteiger partial charge in [0.2, 0.25) is 0 Å². The van der Waals surface area contributed by atoms with Gasteiger partial charge in [-0.05, 0) is 69.7 Å². The van der Waals surface area contributed by atoms with Crippen molar-refractivity contribution in [2.24, 2.45) is 16.7 Å². The summed E-state index contributed by atoms with van der Waals surface area (Å²) in [5.74, 6) is 0.936. The van der Waals surface area contributed by atoms with E-state index in [9.17, 15) is 0 Å². The van der Waals surface area contributed by atoms with Gasteiger partial charge in [0.15, 0.2) is 0 Å². The molecule has 2 aliphatic rings. The van der Waals surface area contributed by atoms with Crippen LogP contribution in [0.3, 0.4) is 0 Å². The Morgan fingerprint density at radius 3 is 2.17 bits per heavy atom. The van der Waals surface area contributed by atoms with Gasteiger partial charge in [-0.1, -0.05) is 27.2 Å². The number of nitrogens with zero attached hydrogens (tertiary/aromatic N) is 1. The highest BCUT2D eigenvalue weighted by Crippen LogP contribution is 2.51. The average Bonchev–Trinajstić information content (AvgIpc) is 2.60. The molecule has 0 aromatic rings. The van der Waals surface area contributed by atoms with Crippen molar-refractivity contribution in [2.45, 2.75) is 79.2 Å². The highest BCUT2D eigenvalue weighted by atomic mass is 15.2. The maximum Gasteiger partial charge on any atom is 0.0125 e. The van der Waals surface area contributed by atoms with Crippen LogP contribution in [0.4, 0.5) is 0 Å². The standard InChI is InChI=1S/C17H33N/c1-15(2,3)14-8-7-9-17(12-14)10-11-18(13-17)16(4,5)6/h14H,7-13H2,1-6H3. The zero-order valence-electron chi connectivity index (χ0n) is 13.5. The summed E-state index contributed by atoms with van der Waals surface area (Å²) in [6.07, 6.45) is 7.31. The molecule has 0 amide bonds. The molecule has 0 radical (unpaired) electrons. The zero-order chi connectivity index (χ0) is 13.6. The van der Waals surface area contributed by atoms with Crippen LogP contribution in [0.1, 0.15) is 73.6 Å². The maximum absolute atomic E-state index is 2.72. The predicted octanol–water partition coefficient (Wildman–Crippen LogP) is 4.71. The number of likely N-dealkylation sites (tertiary alicyclic amines) is 1. The first kappa shape index (κ1) is 14.4. The smallest absolute Gasteiger partial charge is 0.0125 e. The highest BCUT2D eigenvalue weighted by molar-refractivity contribution is 4.98. The van der Waals surface area contributed by atoms with Crippen molar-refractivity contribution in [2.75, 3.05) is 13.1 Å². The molecule has 18 heavy (non-hydrogen) atoms. The van der Waals surface area contributed by atoms with Gasteiger partial charge in [0.1, 0.15) is 0 Å². The Balaban J connectivity index is 2.05. The second-order valence-electron chi connectivity index (χ2n) is 9.00. The van der Waals surface area contributed by atoms with E-state index in [1.165, 1.54) is 45.2 Å². The third-order valence-corrected chi connectivity index (χ3v) is 5.55. The quantitative estimate of drug-likeness (QED) is 0.602. The molecule has 0 aromatic carbocycles. The lowest BCUT2D eigenvalue weighted by molar-refractivity contribution is 0.0631. The van der Waals surface area contributed by atoms with Gasteiger partial charge in [-0.25, -0.2) is 0 Å². The topological polar surface area (TPSA) is 3.24 Å². The average molecular weight is 251 g/mol. The minimum absolute atomic E-state index is 0.359. The van der Waals surface area contributed by atoms with E-state index in [-0.39, 0.29) is 0 Å². The SMILES string of the molecule is CC(C)(C)C1CCCC2(CCN(C(C)(C)C)C2)C1. The van der Waals surface area contributed by atoms with E-state index in [1.54, 1.807) is 0 Å². The van der Waals surface area contributed by atoms with Gasteiger partial charge in [0.05, 0.1) is 0 Å². The molecule has 2 unspecified atom stereocenters. The van der Waals surface area contributed by atoms with Crippen LogP contribution in [0.5, 0.6) is 0 Å². The van der Waals surface area contributed by atoms with Gasteiger partial charge in [-0.2, -0.15) is 0 Å². The lowest BCUT2D eigenvalue weighted by Gasteiger charge is -2.44. The zero-order valence-corrected chi connectivity index (χ0v) is 13.5. The summed E-state index contributed by atoms with van der Waals surface area (Å²) in [4.78, 5) is 2.72. The highest BCUT2D eigenvalue weighted by Gasteiger charge is 2.46. The molecule has 2 rings (SSSR count). The first-order valence-electron chi connectivity index (χ1n) is 7.88. The first-order chi connectivity index (χ1) is 8.12. The van der Waals surface area contributed by atoms with Crippen molar-refractivity contribution in [3.05, 3.63) is 0 Å². The van der Waals surface area contributed by atoms with E-state index < -0.39 is 0 Å². The van der Waals surface area contributed by atoms with Crippen molar-refractivity contribution < 1.29 is 0 Å². The van der Waals surface area contributed by atoms with Crippen LogP contribution >= 0.6 is 0 Å². The Hall–Kier alpha value is -0.0400. The molecule has 1 aliphatic carbocycles. The Labute approximate surface area is 114 Å². The van der Waals surface area contributed by atoms with Gasteiger partial charge in [0, 0.05) is 12.1 Å². The summed E-state index contributed by atoms with van der Waals surface area (Å²) in [7, 11) is 0. The van der Waals surface area contributed by atoms with Crippen LogP contribution in [0.25, 0.3) is 0 Å². The maximum atomic E-state index is 2.72. The van der Waals surface area contributed by atoms with Crippen LogP contribution in [-0.2, 0) is 0 Å². The molecule has 0 N–H and O–H groups in total. The van der Waals surface area contributed by atoms with E-state index in [2.05, 4.69) is 46.4 Å². The number of rotatable bonds is 0. The van der Waals surface area contributed by atoms with Crippen LogP contribution in [0.2, 0.25) is 0 Å². The summed E-state index contributed by atoms with van der Waals surface area (Å²) in [6, 6.07) is 0. The Bertz CT molecular complexity index is 294. The molecule has 0 bridgehead atoms. The van der Waals surface area contributed by atoms with Gasteiger partial charge < -0.3 is 0 Å². The molecule has 0 aromatic heterocycles. The Morgan fingerprint density at radius 2 is 1.67 bits per heavy atom. The second-order valence-corrected chi connectivity index (χ2v) is 9.00. The fourth-order valence-electron chi connectivity index (χ4n) is 4.07. The summed E-state index contributed by atoms with van der Waals surface area (Å²) in [5.41, 5.74) is 1.52. The fraction of sp³-hybridized carbons (Fsp3) is 1.00. The molecule has 1 heteroatoms. The predicted molar refractivity (Wildman–Crippen MR) is 79.8 cm³/mol. The van der Waals surface area contributed by atoms with Crippen molar-refractivity contribution in [3.8, 4) is 0 Å². The summed E-state index contributed by atoms with van der Waals surface area (Å²) in [5, 5.41) is 0. The lowest BCUT2D eigenvalue weighted by Crippen LogP contribution is -2.42. The fourth-order valence-corrected chi connectivity index (χ4v) is 4.07. The Morgan fingerprint density at radius 1 is 1.00 bits per heavy atom.